The summed E-state index contributed by atoms with van der Waals surface area (Å²) in [5, 5.41) is 11.6. The van der Waals surface area contributed by atoms with Crippen LogP contribution in [0, 0.1) is 11.3 Å². The molecule has 0 aromatic heterocycles. The fraction of sp³-hybridized carbons (Fsp3) is 0.250. The molecule has 1 heterocycles. The maximum atomic E-state index is 12.3. The Morgan fingerprint density at radius 3 is 2.81 bits per heavy atom. The summed E-state index contributed by atoms with van der Waals surface area (Å²) in [6.07, 6.45) is -0.877. The highest BCUT2D eigenvalue weighted by atomic mass is 16.7. The summed E-state index contributed by atoms with van der Waals surface area (Å²) >= 11 is 0. The zero-order chi connectivity index (χ0) is 19.2. The number of rotatable bonds is 6. The van der Waals surface area contributed by atoms with E-state index >= 15 is 0 Å². The van der Waals surface area contributed by atoms with Gasteiger partial charge in [-0.25, -0.2) is 4.79 Å². The van der Waals surface area contributed by atoms with Crippen molar-refractivity contribution < 1.29 is 23.8 Å². The molecule has 1 aliphatic heterocycles. The summed E-state index contributed by atoms with van der Waals surface area (Å²) in [6, 6.07) is 14.1. The minimum Gasteiger partial charge on any atom is -0.454 e. The number of esters is 1. The van der Waals surface area contributed by atoms with E-state index in [4.69, 9.17) is 19.5 Å². The van der Waals surface area contributed by atoms with Gasteiger partial charge in [0, 0.05) is 6.54 Å². The largest absolute Gasteiger partial charge is 0.454 e. The van der Waals surface area contributed by atoms with Gasteiger partial charge in [-0.05, 0) is 36.2 Å². The number of carbonyl (C=O) groups is 2. The standard InChI is InChI=1S/C20H18N2O5/c1-13(27-20(24)16-5-3-2-4-15(16)8-9-21)19(23)22-11-14-6-7-17-18(10-14)26-12-25-17/h2-7,10,13H,8,11-12H2,1H3,(H,22,23). The van der Waals surface area contributed by atoms with Crippen molar-refractivity contribution in [3.63, 3.8) is 0 Å². The fourth-order valence-corrected chi connectivity index (χ4v) is 2.62. The molecular weight excluding hydrogens is 348 g/mol. The Balaban J connectivity index is 1.56. The van der Waals surface area contributed by atoms with Gasteiger partial charge >= 0.3 is 5.97 Å². The van der Waals surface area contributed by atoms with Crippen molar-refractivity contribution in [1.29, 1.82) is 5.26 Å². The summed E-state index contributed by atoms with van der Waals surface area (Å²) in [7, 11) is 0. The molecule has 0 bridgehead atoms. The van der Waals surface area contributed by atoms with Crippen LogP contribution in [0.4, 0.5) is 0 Å². The van der Waals surface area contributed by atoms with Crippen LogP contribution in [0.2, 0.25) is 0 Å². The average molecular weight is 366 g/mol. The van der Waals surface area contributed by atoms with Gasteiger partial charge in [0.1, 0.15) is 0 Å². The van der Waals surface area contributed by atoms with Gasteiger partial charge in [0.25, 0.3) is 5.91 Å². The summed E-state index contributed by atoms with van der Waals surface area (Å²) < 4.78 is 15.8. The van der Waals surface area contributed by atoms with Crippen LogP contribution in [0.1, 0.15) is 28.4 Å². The van der Waals surface area contributed by atoms with E-state index in [1.807, 2.05) is 12.1 Å². The van der Waals surface area contributed by atoms with Crippen molar-refractivity contribution in [3.8, 4) is 17.6 Å². The normalized spacial score (nSPS) is 12.7. The van der Waals surface area contributed by atoms with E-state index in [2.05, 4.69) is 5.32 Å². The molecule has 1 atom stereocenters. The summed E-state index contributed by atoms with van der Waals surface area (Å²) in [5.41, 5.74) is 1.69. The highest BCUT2D eigenvalue weighted by molar-refractivity contribution is 5.93. The van der Waals surface area contributed by atoms with Gasteiger partial charge < -0.3 is 19.5 Å². The van der Waals surface area contributed by atoms with Crippen LogP contribution in [0.15, 0.2) is 42.5 Å². The number of hydrogen-bond donors (Lipinski definition) is 1. The van der Waals surface area contributed by atoms with Crippen molar-refractivity contribution in [1.82, 2.24) is 5.32 Å². The molecule has 2 aromatic rings. The minimum atomic E-state index is -0.971. The molecule has 7 heteroatoms. The average Bonchev–Trinajstić information content (AvgIpc) is 3.14. The van der Waals surface area contributed by atoms with Gasteiger partial charge in [-0.15, -0.1) is 0 Å². The SMILES string of the molecule is CC(OC(=O)c1ccccc1CC#N)C(=O)NCc1ccc2c(c1)OCO2. The maximum Gasteiger partial charge on any atom is 0.339 e. The van der Waals surface area contributed by atoms with E-state index in [-0.39, 0.29) is 25.3 Å². The van der Waals surface area contributed by atoms with Gasteiger partial charge in [0.2, 0.25) is 6.79 Å². The smallest absolute Gasteiger partial charge is 0.339 e. The molecule has 7 nitrogen and oxygen atoms in total. The van der Waals surface area contributed by atoms with Crippen LogP contribution in [-0.2, 0) is 22.5 Å². The van der Waals surface area contributed by atoms with Crippen molar-refractivity contribution in [3.05, 3.63) is 59.2 Å². The Hall–Kier alpha value is -3.53. The molecule has 0 saturated heterocycles. The summed E-state index contributed by atoms with van der Waals surface area (Å²) in [5.74, 6) is 0.254. The topological polar surface area (TPSA) is 97.7 Å². The lowest BCUT2D eigenvalue weighted by Crippen LogP contribution is -2.35. The molecule has 1 unspecified atom stereocenters. The van der Waals surface area contributed by atoms with Crippen molar-refractivity contribution in [2.45, 2.75) is 26.0 Å². The number of benzene rings is 2. The van der Waals surface area contributed by atoms with E-state index in [0.717, 1.165) is 5.56 Å². The molecular formula is C20H18N2O5. The first kappa shape index (κ1) is 18.3. The highest BCUT2D eigenvalue weighted by Gasteiger charge is 2.21. The van der Waals surface area contributed by atoms with E-state index in [1.54, 1.807) is 36.4 Å². The lowest BCUT2D eigenvalue weighted by atomic mass is 10.1. The molecule has 2 aromatic carbocycles. The Bertz CT molecular complexity index is 903. The number of fused-ring (bicyclic) bond motifs is 1. The Morgan fingerprint density at radius 1 is 1.22 bits per heavy atom. The molecule has 0 spiro atoms. The van der Waals surface area contributed by atoms with E-state index in [1.165, 1.54) is 6.92 Å². The third-order valence-electron chi connectivity index (χ3n) is 4.06. The molecule has 0 saturated carbocycles. The van der Waals surface area contributed by atoms with Crippen LogP contribution in [0.3, 0.4) is 0 Å². The summed E-state index contributed by atoms with van der Waals surface area (Å²) in [6.45, 7) is 1.95. The molecule has 3 rings (SSSR count). The van der Waals surface area contributed by atoms with Gasteiger partial charge in [-0.1, -0.05) is 24.3 Å². The van der Waals surface area contributed by atoms with Crippen LogP contribution in [0.5, 0.6) is 11.5 Å². The minimum absolute atomic E-state index is 0.0932. The van der Waals surface area contributed by atoms with Crippen LogP contribution in [-0.4, -0.2) is 24.8 Å². The molecule has 1 amide bonds. The molecule has 0 aliphatic carbocycles. The van der Waals surface area contributed by atoms with E-state index < -0.39 is 18.0 Å². The van der Waals surface area contributed by atoms with Crippen LogP contribution >= 0.6 is 0 Å². The predicted molar refractivity (Wildman–Crippen MR) is 95.0 cm³/mol. The fourth-order valence-electron chi connectivity index (χ4n) is 2.62. The number of hydrogen-bond acceptors (Lipinski definition) is 6. The van der Waals surface area contributed by atoms with Crippen molar-refractivity contribution in [2.75, 3.05) is 6.79 Å². The second-order valence-electron chi connectivity index (χ2n) is 5.94. The second-order valence-corrected chi connectivity index (χ2v) is 5.94. The first-order valence-corrected chi connectivity index (χ1v) is 8.40. The third kappa shape index (κ3) is 4.36. The van der Waals surface area contributed by atoms with Gasteiger partial charge in [-0.3, -0.25) is 4.79 Å². The molecule has 0 fully saturated rings. The van der Waals surface area contributed by atoms with E-state index in [0.29, 0.717) is 17.1 Å². The zero-order valence-electron chi connectivity index (χ0n) is 14.7. The lowest BCUT2D eigenvalue weighted by Gasteiger charge is -2.14. The number of carbonyl (C=O) groups excluding carboxylic acids is 2. The van der Waals surface area contributed by atoms with Gasteiger partial charge in [0.05, 0.1) is 18.1 Å². The number of amides is 1. The van der Waals surface area contributed by atoms with Crippen LogP contribution < -0.4 is 14.8 Å². The number of ether oxygens (including phenoxy) is 3. The molecule has 138 valence electrons. The number of nitriles is 1. The quantitative estimate of drug-likeness (QED) is 0.788. The van der Waals surface area contributed by atoms with Crippen LogP contribution in [0.25, 0.3) is 0 Å². The number of nitrogens with one attached hydrogen (secondary N) is 1. The van der Waals surface area contributed by atoms with Gasteiger partial charge in [0.15, 0.2) is 17.6 Å². The zero-order valence-corrected chi connectivity index (χ0v) is 14.7. The predicted octanol–water partition coefficient (Wildman–Crippen LogP) is 2.34. The van der Waals surface area contributed by atoms with Crippen molar-refractivity contribution in [2.24, 2.45) is 0 Å². The molecule has 1 aliphatic rings. The summed E-state index contributed by atoms with van der Waals surface area (Å²) in [4.78, 5) is 24.5. The van der Waals surface area contributed by atoms with Gasteiger partial charge in [-0.2, -0.15) is 5.26 Å². The Morgan fingerprint density at radius 2 is 2.00 bits per heavy atom. The number of nitrogens with zero attached hydrogens (tertiary/aromatic N) is 1. The molecule has 1 N–H and O–H groups in total. The molecule has 27 heavy (non-hydrogen) atoms. The molecule has 0 radical (unpaired) electrons. The first-order valence-electron chi connectivity index (χ1n) is 8.40. The second kappa shape index (κ2) is 8.23. The van der Waals surface area contributed by atoms with E-state index in [9.17, 15) is 9.59 Å². The highest BCUT2D eigenvalue weighted by Crippen LogP contribution is 2.32. The van der Waals surface area contributed by atoms with Crippen molar-refractivity contribution >= 4 is 11.9 Å². The third-order valence-corrected chi connectivity index (χ3v) is 4.06. The maximum absolute atomic E-state index is 12.3. The first-order chi connectivity index (χ1) is 13.1. The Kier molecular flexibility index (Phi) is 5.57. The Labute approximate surface area is 156 Å². The monoisotopic (exact) mass is 366 g/mol. The lowest BCUT2D eigenvalue weighted by molar-refractivity contribution is -0.129.